The molecule has 0 aliphatic carbocycles. The van der Waals surface area contributed by atoms with Gasteiger partial charge in [-0.3, -0.25) is 4.79 Å². The Balaban J connectivity index is 1.93. The van der Waals surface area contributed by atoms with Crippen LogP contribution in [0.15, 0.2) is 18.2 Å². The Hall–Kier alpha value is -1.62. The van der Waals surface area contributed by atoms with E-state index >= 15 is 0 Å². The van der Waals surface area contributed by atoms with Gasteiger partial charge in [0.1, 0.15) is 11.6 Å². The van der Waals surface area contributed by atoms with E-state index in [4.69, 9.17) is 0 Å². The summed E-state index contributed by atoms with van der Waals surface area (Å²) in [5.74, 6) is -0.729. The molecule has 1 saturated heterocycles. The van der Waals surface area contributed by atoms with E-state index in [0.29, 0.717) is 12.5 Å². The number of hydrogen-bond donors (Lipinski definition) is 2. The molecule has 1 heterocycles. The first-order valence-electron chi connectivity index (χ1n) is 6.01. The van der Waals surface area contributed by atoms with Crippen molar-refractivity contribution in [2.24, 2.45) is 5.92 Å². The second kappa shape index (κ2) is 5.35. The molecule has 1 fully saturated rings. The van der Waals surface area contributed by atoms with E-state index in [9.17, 15) is 14.3 Å². The van der Waals surface area contributed by atoms with Gasteiger partial charge in [-0.1, -0.05) is 0 Å². The van der Waals surface area contributed by atoms with Gasteiger partial charge in [0.2, 0.25) is 0 Å². The van der Waals surface area contributed by atoms with E-state index in [1.807, 2.05) is 7.05 Å². The van der Waals surface area contributed by atoms with Crippen LogP contribution in [0, 0.1) is 11.7 Å². The number of likely N-dealkylation sites (tertiary alicyclic amines) is 1. The van der Waals surface area contributed by atoms with Crippen molar-refractivity contribution in [3.05, 3.63) is 29.6 Å². The van der Waals surface area contributed by atoms with E-state index < -0.39 is 11.7 Å². The van der Waals surface area contributed by atoms with Crippen LogP contribution in [0.3, 0.4) is 0 Å². The molecule has 0 radical (unpaired) electrons. The minimum atomic E-state index is -0.529. The summed E-state index contributed by atoms with van der Waals surface area (Å²) in [7, 11) is 2.04. The van der Waals surface area contributed by atoms with Gasteiger partial charge in [0.25, 0.3) is 5.91 Å². The number of carbonyl (C=O) groups is 1. The molecule has 0 bridgehead atoms. The Morgan fingerprint density at radius 3 is 3.06 bits per heavy atom. The second-order valence-electron chi connectivity index (χ2n) is 4.79. The van der Waals surface area contributed by atoms with E-state index in [-0.39, 0.29) is 11.3 Å². The Bertz CT molecular complexity index is 451. The van der Waals surface area contributed by atoms with Crippen molar-refractivity contribution >= 4 is 5.91 Å². The monoisotopic (exact) mass is 252 g/mol. The highest BCUT2D eigenvalue weighted by atomic mass is 19.1. The van der Waals surface area contributed by atoms with Gasteiger partial charge in [0, 0.05) is 13.1 Å². The highest BCUT2D eigenvalue weighted by Gasteiger charge is 2.20. The predicted molar refractivity (Wildman–Crippen MR) is 66.0 cm³/mol. The van der Waals surface area contributed by atoms with Crippen molar-refractivity contribution in [2.75, 3.05) is 26.7 Å². The number of rotatable bonds is 3. The maximum atomic E-state index is 13.0. The highest BCUT2D eigenvalue weighted by Crippen LogP contribution is 2.18. The maximum absolute atomic E-state index is 13.0. The van der Waals surface area contributed by atoms with E-state index in [1.165, 1.54) is 6.07 Å². The molecule has 98 valence electrons. The molecule has 18 heavy (non-hydrogen) atoms. The smallest absolute Gasteiger partial charge is 0.255 e. The molecule has 1 amide bonds. The number of hydrogen-bond acceptors (Lipinski definition) is 3. The molecule has 0 aromatic heterocycles. The van der Waals surface area contributed by atoms with Crippen LogP contribution >= 0.6 is 0 Å². The van der Waals surface area contributed by atoms with Crippen LogP contribution in [0.1, 0.15) is 16.8 Å². The predicted octanol–water partition coefficient (Wildman–Crippen LogP) is 1.21. The molecule has 4 nitrogen and oxygen atoms in total. The molecule has 2 rings (SSSR count). The molecule has 1 atom stereocenters. The van der Waals surface area contributed by atoms with Crippen molar-refractivity contribution < 1.29 is 14.3 Å². The molecular weight excluding hydrogens is 235 g/mol. The first-order chi connectivity index (χ1) is 8.56. The third kappa shape index (κ3) is 2.98. The quantitative estimate of drug-likeness (QED) is 0.850. The van der Waals surface area contributed by atoms with Crippen LogP contribution in [-0.4, -0.2) is 42.6 Å². The van der Waals surface area contributed by atoms with E-state index in [1.54, 1.807) is 0 Å². The third-order valence-corrected chi connectivity index (χ3v) is 3.24. The first-order valence-corrected chi connectivity index (χ1v) is 6.01. The molecule has 1 aliphatic heterocycles. The maximum Gasteiger partial charge on any atom is 0.255 e. The van der Waals surface area contributed by atoms with Gasteiger partial charge in [-0.15, -0.1) is 0 Å². The molecule has 1 aromatic carbocycles. The summed E-state index contributed by atoms with van der Waals surface area (Å²) in [6.07, 6.45) is 1.05. The summed E-state index contributed by atoms with van der Waals surface area (Å²) in [5, 5.41) is 12.2. The molecule has 1 unspecified atom stereocenters. The summed E-state index contributed by atoms with van der Waals surface area (Å²) < 4.78 is 13.0. The average molecular weight is 252 g/mol. The summed E-state index contributed by atoms with van der Waals surface area (Å²) in [5.41, 5.74) is -0.0126. The van der Waals surface area contributed by atoms with Crippen molar-refractivity contribution in [1.29, 1.82) is 0 Å². The standard InChI is InChI=1S/C13H17FN2O2/c1-16-5-4-9(8-16)7-15-13(18)11-6-10(14)2-3-12(11)17/h2-3,6,9,17H,4-5,7-8H2,1H3,(H,15,18). The summed E-state index contributed by atoms with van der Waals surface area (Å²) >= 11 is 0. The fourth-order valence-electron chi connectivity index (χ4n) is 2.22. The number of nitrogens with one attached hydrogen (secondary N) is 1. The van der Waals surface area contributed by atoms with Gasteiger partial charge >= 0.3 is 0 Å². The largest absolute Gasteiger partial charge is 0.507 e. The van der Waals surface area contributed by atoms with E-state index in [0.717, 1.165) is 31.6 Å². The zero-order chi connectivity index (χ0) is 13.1. The summed E-state index contributed by atoms with van der Waals surface area (Å²) in [6.45, 7) is 2.54. The minimum absolute atomic E-state index is 0.0126. The number of halogens is 1. The fraction of sp³-hybridized carbons (Fsp3) is 0.462. The topological polar surface area (TPSA) is 52.6 Å². The lowest BCUT2D eigenvalue weighted by Crippen LogP contribution is -2.30. The van der Waals surface area contributed by atoms with Crippen LogP contribution in [0.4, 0.5) is 4.39 Å². The van der Waals surface area contributed by atoms with Crippen LogP contribution < -0.4 is 5.32 Å². The van der Waals surface area contributed by atoms with Gasteiger partial charge in [-0.25, -0.2) is 4.39 Å². The van der Waals surface area contributed by atoms with Gasteiger partial charge < -0.3 is 15.3 Å². The number of carbonyl (C=O) groups excluding carboxylic acids is 1. The Morgan fingerprint density at radius 2 is 2.39 bits per heavy atom. The molecule has 0 saturated carbocycles. The number of benzene rings is 1. The number of phenols is 1. The molecule has 1 aromatic rings. The Labute approximate surface area is 105 Å². The average Bonchev–Trinajstić information content (AvgIpc) is 2.75. The summed E-state index contributed by atoms with van der Waals surface area (Å²) in [4.78, 5) is 14.0. The lowest BCUT2D eigenvalue weighted by atomic mass is 10.1. The van der Waals surface area contributed by atoms with Crippen molar-refractivity contribution in [1.82, 2.24) is 10.2 Å². The molecule has 2 N–H and O–H groups in total. The zero-order valence-corrected chi connectivity index (χ0v) is 10.3. The lowest BCUT2D eigenvalue weighted by molar-refractivity contribution is 0.0944. The van der Waals surface area contributed by atoms with Crippen LogP contribution in [0.5, 0.6) is 5.75 Å². The van der Waals surface area contributed by atoms with Gasteiger partial charge in [-0.05, 0) is 44.1 Å². The first kappa shape index (κ1) is 12.8. The molecule has 5 heteroatoms. The Morgan fingerprint density at radius 1 is 1.61 bits per heavy atom. The van der Waals surface area contributed by atoms with Gasteiger partial charge in [0.05, 0.1) is 5.56 Å². The number of phenolic OH excluding ortho intramolecular Hbond substituents is 1. The fourth-order valence-corrected chi connectivity index (χ4v) is 2.22. The molecule has 1 aliphatic rings. The normalized spacial score (nSPS) is 20.0. The number of amides is 1. The third-order valence-electron chi connectivity index (χ3n) is 3.24. The van der Waals surface area contributed by atoms with Crippen molar-refractivity contribution in [3.8, 4) is 5.75 Å². The Kier molecular flexibility index (Phi) is 3.81. The molecule has 0 spiro atoms. The summed E-state index contributed by atoms with van der Waals surface area (Å²) in [6, 6.07) is 3.36. The number of nitrogens with zero attached hydrogens (tertiary/aromatic N) is 1. The number of aromatic hydroxyl groups is 1. The zero-order valence-electron chi connectivity index (χ0n) is 10.3. The van der Waals surface area contributed by atoms with Crippen LogP contribution in [-0.2, 0) is 0 Å². The van der Waals surface area contributed by atoms with Gasteiger partial charge in [-0.2, -0.15) is 0 Å². The lowest BCUT2D eigenvalue weighted by Gasteiger charge is -2.12. The SMILES string of the molecule is CN1CCC(CNC(=O)c2cc(F)ccc2O)C1. The van der Waals surface area contributed by atoms with Crippen LogP contribution in [0.25, 0.3) is 0 Å². The second-order valence-corrected chi connectivity index (χ2v) is 4.79. The van der Waals surface area contributed by atoms with Crippen molar-refractivity contribution in [3.63, 3.8) is 0 Å². The van der Waals surface area contributed by atoms with Crippen molar-refractivity contribution in [2.45, 2.75) is 6.42 Å². The minimum Gasteiger partial charge on any atom is -0.507 e. The van der Waals surface area contributed by atoms with Gasteiger partial charge in [0.15, 0.2) is 0 Å². The molecular formula is C13H17FN2O2. The van der Waals surface area contributed by atoms with Crippen LogP contribution in [0.2, 0.25) is 0 Å². The highest BCUT2D eigenvalue weighted by molar-refractivity contribution is 5.96. The van der Waals surface area contributed by atoms with E-state index in [2.05, 4.69) is 10.2 Å².